The number of halogens is 1. The molecular weight excluding hydrogens is 337 g/mol. The molecule has 0 bridgehead atoms. The van der Waals surface area contributed by atoms with Crippen molar-refractivity contribution >= 4 is 21.7 Å². The Kier molecular flexibility index (Phi) is 3.84. The molecule has 2 aromatic carbocycles. The summed E-state index contributed by atoms with van der Waals surface area (Å²) < 4.78 is 43.7. The van der Waals surface area contributed by atoms with Crippen LogP contribution < -0.4 is 4.74 Å². The second kappa shape index (κ2) is 5.72. The number of carbonyl (C=O) groups is 2. The zero-order valence-corrected chi connectivity index (χ0v) is 13.3. The van der Waals surface area contributed by atoms with E-state index in [1.165, 1.54) is 43.5 Å². The van der Waals surface area contributed by atoms with Gasteiger partial charge < -0.3 is 4.74 Å². The number of nitrogens with zero attached hydrogens (tertiary/aromatic N) is 1. The lowest BCUT2D eigenvalue weighted by Gasteiger charge is -2.14. The van der Waals surface area contributed by atoms with Gasteiger partial charge in [0.25, 0.3) is 15.9 Å². The van der Waals surface area contributed by atoms with Crippen LogP contribution >= 0.6 is 0 Å². The van der Waals surface area contributed by atoms with E-state index in [0.717, 1.165) is 6.07 Å². The van der Waals surface area contributed by atoms with Crippen LogP contribution in [0.1, 0.15) is 20.7 Å². The third-order valence-electron chi connectivity index (χ3n) is 3.67. The zero-order valence-electron chi connectivity index (χ0n) is 12.5. The van der Waals surface area contributed by atoms with Crippen molar-refractivity contribution in [3.63, 3.8) is 0 Å². The molecule has 0 spiro atoms. The van der Waals surface area contributed by atoms with Gasteiger partial charge in [0.15, 0.2) is 17.3 Å². The number of ketones is 1. The smallest absolute Gasteiger partial charge is 0.269 e. The van der Waals surface area contributed by atoms with Crippen LogP contribution in [-0.4, -0.2) is 38.1 Å². The molecule has 0 saturated carbocycles. The molecule has 1 aliphatic heterocycles. The molecule has 0 fully saturated rings. The number of carbonyl (C=O) groups excluding carboxylic acids is 2. The highest BCUT2D eigenvalue weighted by Crippen LogP contribution is 2.30. The minimum Gasteiger partial charge on any atom is -0.494 e. The number of amides is 1. The molecule has 6 nitrogen and oxygen atoms in total. The average molecular weight is 349 g/mol. The summed E-state index contributed by atoms with van der Waals surface area (Å²) in [5.74, 6) is -2.25. The highest BCUT2D eigenvalue weighted by Gasteiger charge is 2.41. The van der Waals surface area contributed by atoms with Crippen molar-refractivity contribution in [3.8, 4) is 5.75 Å². The Morgan fingerprint density at radius 3 is 2.54 bits per heavy atom. The fraction of sp³-hybridized carbons (Fsp3) is 0.125. The van der Waals surface area contributed by atoms with Crippen LogP contribution in [0.3, 0.4) is 0 Å². The minimum atomic E-state index is -4.08. The Hall–Kier alpha value is -2.74. The molecule has 0 saturated heterocycles. The van der Waals surface area contributed by atoms with Gasteiger partial charge in [0, 0.05) is 5.56 Å². The molecule has 0 atom stereocenters. The first-order valence-corrected chi connectivity index (χ1v) is 8.33. The molecule has 3 rings (SSSR count). The summed E-state index contributed by atoms with van der Waals surface area (Å²) in [5, 5.41) is 0. The number of Topliss-reactive ketones (excluding diaryl/α,β-unsaturated/α-hetero) is 1. The molecule has 0 aromatic heterocycles. The molecule has 1 heterocycles. The maximum Gasteiger partial charge on any atom is 0.269 e. The van der Waals surface area contributed by atoms with Gasteiger partial charge in [0.2, 0.25) is 0 Å². The molecule has 8 heteroatoms. The Morgan fingerprint density at radius 2 is 1.92 bits per heavy atom. The fourth-order valence-corrected chi connectivity index (χ4v) is 3.97. The van der Waals surface area contributed by atoms with Crippen molar-refractivity contribution < 1.29 is 27.1 Å². The maximum absolute atomic E-state index is 13.7. The molecule has 1 aliphatic rings. The third-order valence-corrected chi connectivity index (χ3v) is 5.46. The van der Waals surface area contributed by atoms with E-state index in [1.807, 2.05) is 0 Å². The molecule has 124 valence electrons. The lowest BCUT2D eigenvalue weighted by molar-refractivity contribution is 0.0820. The van der Waals surface area contributed by atoms with Gasteiger partial charge in [-0.2, -0.15) is 0 Å². The van der Waals surface area contributed by atoms with E-state index in [0.29, 0.717) is 4.31 Å². The summed E-state index contributed by atoms with van der Waals surface area (Å²) in [7, 11) is -2.79. The van der Waals surface area contributed by atoms with Gasteiger partial charge in [0.1, 0.15) is 11.4 Å². The van der Waals surface area contributed by atoms with Gasteiger partial charge in [-0.1, -0.05) is 12.1 Å². The van der Waals surface area contributed by atoms with E-state index in [9.17, 15) is 22.4 Å². The number of hydrogen-bond donors (Lipinski definition) is 0. The van der Waals surface area contributed by atoms with Gasteiger partial charge in [-0.05, 0) is 30.3 Å². The van der Waals surface area contributed by atoms with Gasteiger partial charge >= 0.3 is 0 Å². The van der Waals surface area contributed by atoms with Crippen molar-refractivity contribution in [2.24, 2.45) is 0 Å². The predicted molar refractivity (Wildman–Crippen MR) is 81.9 cm³/mol. The topological polar surface area (TPSA) is 80.8 Å². The van der Waals surface area contributed by atoms with Gasteiger partial charge in [-0.15, -0.1) is 0 Å². The summed E-state index contributed by atoms with van der Waals surface area (Å²) in [4.78, 5) is 24.4. The quantitative estimate of drug-likeness (QED) is 0.787. The number of fused-ring (bicyclic) bond motifs is 1. The van der Waals surface area contributed by atoms with E-state index in [4.69, 9.17) is 4.74 Å². The van der Waals surface area contributed by atoms with Crippen LogP contribution in [0.4, 0.5) is 4.39 Å². The number of sulfonamides is 1. The number of ether oxygens (including phenoxy) is 1. The van der Waals surface area contributed by atoms with Crippen molar-refractivity contribution in [1.82, 2.24) is 4.31 Å². The monoisotopic (exact) mass is 349 g/mol. The van der Waals surface area contributed by atoms with Crippen molar-refractivity contribution in [3.05, 3.63) is 59.4 Å². The van der Waals surface area contributed by atoms with Crippen LogP contribution in [0, 0.1) is 5.82 Å². The first-order valence-electron chi connectivity index (χ1n) is 6.89. The summed E-state index contributed by atoms with van der Waals surface area (Å²) in [6.07, 6.45) is 0. The van der Waals surface area contributed by atoms with E-state index < -0.39 is 34.1 Å². The van der Waals surface area contributed by atoms with Crippen molar-refractivity contribution in [1.29, 1.82) is 0 Å². The van der Waals surface area contributed by atoms with Crippen LogP contribution in [0.5, 0.6) is 5.75 Å². The van der Waals surface area contributed by atoms with Crippen molar-refractivity contribution in [2.75, 3.05) is 13.7 Å². The van der Waals surface area contributed by atoms with Gasteiger partial charge in [-0.25, -0.2) is 17.1 Å². The predicted octanol–water partition coefficient (Wildman–Crippen LogP) is 1.86. The molecule has 0 aliphatic carbocycles. The SMILES string of the molecule is COc1ccc(C(=O)CN2C(=O)c3ccccc3S2(=O)=O)cc1F. The summed E-state index contributed by atoms with van der Waals surface area (Å²) in [5.41, 5.74) is -0.0292. The lowest BCUT2D eigenvalue weighted by atomic mass is 10.1. The molecule has 0 radical (unpaired) electrons. The van der Waals surface area contributed by atoms with Crippen LogP contribution in [0.25, 0.3) is 0 Å². The fourth-order valence-electron chi connectivity index (χ4n) is 2.45. The number of hydrogen-bond acceptors (Lipinski definition) is 5. The zero-order chi connectivity index (χ0) is 17.5. The van der Waals surface area contributed by atoms with Crippen LogP contribution in [0.2, 0.25) is 0 Å². The second-order valence-electron chi connectivity index (χ2n) is 5.09. The van der Waals surface area contributed by atoms with E-state index in [-0.39, 0.29) is 21.8 Å². The number of benzene rings is 2. The maximum atomic E-state index is 13.7. The average Bonchev–Trinajstić information content (AvgIpc) is 2.76. The van der Waals surface area contributed by atoms with E-state index in [2.05, 4.69) is 0 Å². The standard InChI is InChI=1S/C16H12FNO5S/c1-23-14-7-6-10(8-12(14)17)13(19)9-18-16(20)11-4-2-3-5-15(11)24(18,21)22/h2-8H,9H2,1H3. The Bertz CT molecular complexity index is 955. The van der Waals surface area contributed by atoms with Crippen LogP contribution in [-0.2, 0) is 10.0 Å². The Morgan fingerprint density at radius 1 is 1.21 bits per heavy atom. The molecule has 0 N–H and O–H groups in total. The highest BCUT2D eigenvalue weighted by atomic mass is 32.2. The minimum absolute atomic E-state index is 0.0196. The second-order valence-corrected chi connectivity index (χ2v) is 6.92. The summed E-state index contributed by atoms with van der Waals surface area (Å²) in [6, 6.07) is 9.24. The molecule has 1 amide bonds. The van der Waals surface area contributed by atoms with Crippen LogP contribution in [0.15, 0.2) is 47.4 Å². The molecular formula is C16H12FNO5S. The molecule has 24 heavy (non-hydrogen) atoms. The normalized spacial score (nSPS) is 15.2. The largest absolute Gasteiger partial charge is 0.494 e. The first-order chi connectivity index (χ1) is 11.4. The Balaban J connectivity index is 1.91. The number of rotatable bonds is 4. The summed E-state index contributed by atoms with van der Waals surface area (Å²) in [6.45, 7) is -0.693. The van der Waals surface area contributed by atoms with Gasteiger partial charge in [-0.3, -0.25) is 9.59 Å². The highest BCUT2D eigenvalue weighted by molar-refractivity contribution is 7.90. The molecule has 0 unspecified atom stereocenters. The number of methoxy groups -OCH3 is 1. The van der Waals surface area contributed by atoms with E-state index >= 15 is 0 Å². The summed E-state index contributed by atoms with van der Waals surface area (Å²) >= 11 is 0. The van der Waals surface area contributed by atoms with Gasteiger partial charge in [0.05, 0.1) is 12.7 Å². The lowest BCUT2D eigenvalue weighted by Crippen LogP contribution is -2.35. The van der Waals surface area contributed by atoms with Crippen molar-refractivity contribution in [2.45, 2.75) is 4.90 Å². The van der Waals surface area contributed by atoms with E-state index in [1.54, 1.807) is 0 Å². The third kappa shape index (κ3) is 2.44. The first kappa shape index (κ1) is 16.1. The molecule has 2 aromatic rings. The Labute approximate surface area is 137 Å².